The molecule has 1 heterocycles. The van der Waals surface area contributed by atoms with Gasteiger partial charge in [-0.05, 0) is 69.1 Å². The van der Waals surface area contributed by atoms with Crippen molar-refractivity contribution in [1.29, 1.82) is 0 Å². The average Bonchev–Trinajstić information content (AvgIpc) is 2.67. The summed E-state index contributed by atoms with van der Waals surface area (Å²) in [4.78, 5) is 2.75. The Bertz CT molecular complexity index is 582. The number of hydrogen-bond acceptors (Lipinski definition) is 2. The Labute approximate surface area is 124 Å². The van der Waals surface area contributed by atoms with E-state index in [1.165, 1.54) is 26.4 Å². The largest absolute Gasteiger partial charge is 0.309 e. The van der Waals surface area contributed by atoms with E-state index in [1.54, 1.807) is 0 Å². The van der Waals surface area contributed by atoms with Crippen LogP contribution in [0.2, 0.25) is 5.02 Å². The summed E-state index contributed by atoms with van der Waals surface area (Å²) in [6.07, 6.45) is 0. The molecule has 3 heteroatoms. The summed E-state index contributed by atoms with van der Waals surface area (Å²) in [5.74, 6) is 0. The molecular formula is C16H20ClNS. The van der Waals surface area contributed by atoms with Crippen LogP contribution in [0.1, 0.15) is 38.0 Å². The maximum Gasteiger partial charge on any atom is 0.0671 e. The van der Waals surface area contributed by atoms with Crippen molar-refractivity contribution in [3.05, 3.63) is 55.2 Å². The number of rotatable bonds is 3. The van der Waals surface area contributed by atoms with E-state index in [0.29, 0.717) is 0 Å². The average molecular weight is 294 g/mol. The zero-order valence-corrected chi connectivity index (χ0v) is 13.7. The van der Waals surface area contributed by atoms with Gasteiger partial charge in [0.2, 0.25) is 0 Å². The number of thiophene rings is 1. The molecule has 0 amide bonds. The fourth-order valence-electron chi connectivity index (χ4n) is 2.31. The van der Waals surface area contributed by atoms with E-state index in [-0.39, 0.29) is 6.04 Å². The molecule has 102 valence electrons. The number of aryl methyl sites for hydroxylation is 4. The third kappa shape index (κ3) is 2.86. The van der Waals surface area contributed by atoms with Crippen LogP contribution in [0.25, 0.3) is 0 Å². The molecule has 0 aliphatic rings. The number of benzene rings is 1. The second-order valence-electron chi connectivity index (χ2n) is 5.07. The highest BCUT2D eigenvalue weighted by Gasteiger charge is 2.18. The standard InChI is InChI=1S/C16H20ClNS/c1-9-8-15(19-12(9)4)16(18-5)13-6-11(3)14(17)7-10(13)2/h6-8,16,18H,1-5H3. The summed E-state index contributed by atoms with van der Waals surface area (Å²) in [5.41, 5.74) is 5.04. The Morgan fingerprint density at radius 2 is 1.68 bits per heavy atom. The van der Waals surface area contributed by atoms with Crippen molar-refractivity contribution in [2.24, 2.45) is 0 Å². The van der Waals surface area contributed by atoms with Crippen molar-refractivity contribution < 1.29 is 0 Å². The van der Waals surface area contributed by atoms with Gasteiger partial charge in [-0.25, -0.2) is 0 Å². The Kier molecular flexibility index (Phi) is 4.34. The minimum atomic E-state index is 0.244. The van der Waals surface area contributed by atoms with E-state index in [0.717, 1.165) is 10.6 Å². The molecule has 1 N–H and O–H groups in total. The van der Waals surface area contributed by atoms with Crippen LogP contribution in [0.3, 0.4) is 0 Å². The maximum atomic E-state index is 6.19. The van der Waals surface area contributed by atoms with Crippen molar-refractivity contribution in [3.8, 4) is 0 Å². The first kappa shape index (κ1) is 14.6. The Morgan fingerprint density at radius 3 is 2.21 bits per heavy atom. The molecule has 2 aromatic rings. The van der Waals surface area contributed by atoms with Gasteiger partial charge in [0, 0.05) is 14.8 Å². The number of nitrogens with one attached hydrogen (secondary N) is 1. The van der Waals surface area contributed by atoms with Crippen LogP contribution >= 0.6 is 22.9 Å². The minimum Gasteiger partial charge on any atom is -0.309 e. The van der Waals surface area contributed by atoms with E-state index in [2.05, 4.69) is 51.2 Å². The van der Waals surface area contributed by atoms with Gasteiger partial charge in [-0.15, -0.1) is 11.3 Å². The summed E-state index contributed by atoms with van der Waals surface area (Å²) >= 11 is 8.06. The summed E-state index contributed by atoms with van der Waals surface area (Å²) in [6.45, 7) is 8.53. The first-order valence-electron chi connectivity index (χ1n) is 6.45. The predicted octanol–water partition coefficient (Wildman–Crippen LogP) is 4.94. The molecule has 2 rings (SSSR count). The molecule has 1 aromatic heterocycles. The summed E-state index contributed by atoms with van der Waals surface area (Å²) in [6, 6.07) is 6.78. The van der Waals surface area contributed by atoms with Crippen molar-refractivity contribution >= 4 is 22.9 Å². The van der Waals surface area contributed by atoms with Crippen LogP contribution < -0.4 is 5.32 Å². The van der Waals surface area contributed by atoms with Gasteiger partial charge in [-0.2, -0.15) is 0 Å². The zero-order valence-electron chi connectivity index (χ0n) is 12.1. The highest BCUT2D eigenvalue weighted by Crippen LogP contribution is 2.33. The van der Waals surface area contributed by atoms with Crippen LogP contribution in [0.4, 0.5) is 0 Å². The molecule has 0 spiro atoms. The molecule has 1 aromatic carbocycles. The molecule has 1 nitrogen and oxygen atoms in total. The van der Waals surface area contributed by atoms with Crippen LogP contribution in [0, 0.1) is 27.7 Å². The molecule has 0 fully saturated rings. The molecule has 0 saturated carbocycles. The molecule has 0 saturated heterocycles. The van der Waals surface area contributed by atoms with Gasteiger partial charge in [-0.3, -0.25) is 0 Å². The first-order chi connectivity index (χ1) is 8.93. The van der Waals surface area contributed by atoms with Crippen LogP contribution in [0.5, 0.6) is 0 Å². The number of halogens is 1. The van der Waals surface area contributed by atoms with Gasteiger partial charge in [0.05, 0.1) is 6.04 Å². The third-order valence-electron chi connectivity index (χ3n) is 3.62. The lowest BCUT2D eigenvalue weighted by Gasteiger charge is -2.19. The van der Waals surface area contributed by atoms with Crippen LogP contribution in [0.15, 0.2) is 18.2 Å². The second-order valence-corrected chi connectivity index (χ2v) is 6.76. The molecule has 1 atom stereocenters. The van der Waals surface area contributed by atoms with E-state index < -0.39 is 0 Å². The molecule has 0 radical (unpaired) electrons. The lowest BCUT2D eigenvalue weighted by atomic mass is 9.97. The molecule has 0 aliphatic heterocycles. The van der Waals surface area contributed by atoms with Gasteiger partial charge in [0.25, 0.3) is 0 Å². The van der Waals surface area contributed by atoms with Gasteiger partial charge < -0.3 is 5.32 Å². The maximum absolute atomic E-state index is 6.19. The van der Waals surface area contributed by atoms with E-state index in [1.807, 2.05) is 18.4 Å². The predicted molar refractivity (Wildman–Crippen MR) is 85.6 cm³/mol. The fraction of sp³-hybridized carbons (Fsp3) is 0.375. The summed E-state index contributed by atoms with van der Waals surface area (Å²) in [5, 5.41) is 4.27. The minimum absolute atomic E-state index is 0.244. The van der Waals surface area contributed by atoms with Crippen LogP contribution in [-0.4, -0.2) is 7.05 Å². The Balaban J connectivity index is 2.50. The van der Waals surface area contributed by atoms with Gasteiger partial charge in [0.15, 0.2) is 0 Å². The van der Waals surface area contributed by atoms with Crippen molar-refractivity contribution in [3.63, 3.8) is 0 Å². The quantitative estimate of drug-likeness (QED) is 0.845. The molecule has 1 unspecified atom stereocenters. The van der Waals surface area contributed by atoms with E-state index in [9.17, 15) is 0 Å². The Hall–Kier alpha value is -0.830. The van der Waals surface area contributed by atoms with Gasteiger partial charge in [0.1, 0.15) is 0 Å². The highest BCUT2D eigenvalue weighted by molar-refractivity contribution is 7.12. The topological polar surface area (TPSA) is 12.0 Å². The molecule has 0 bridgehead atoms. The van der Waals surface area contributed by atoms with E-state index >= 15 is 0 Å². The number of hydrogen-bond donors (Lipinski definition) is 1. The first-order valence-corrected chi connectivity index (χ1v) is 7.64. The Morgan fingerprint density at radius 1 is 1.00 bits per heavy atom. The van der Waals surface area contributed by atoms with Crippen molar-refractivity contribution in [2.45, 2.75) is 33.7 Å². The molecule has 19 heavy (non-hydrogen) atoms. The molecular weight excluding hydrogens is 274 g/mol. The second kappa shape index (κ2) is 5.66. The smallest absolute Gasteiger partial charge is 0.0671 e. The zero-order chi connectivity index (χ0) is 14.2. The summed E-state index contributed by atoms with van der Waals surface area (Å²) in [7, 11) is 2.01. The normalized spacial score (nSPS) is 12.7. The van der Waals surface area contributed by atoms with Gasteiger partial charge in [-0.1, -0.05) is 17.7 Å². The van der Waals surface area contributed by atoms with Gasteiger partial charge >= 0.3 is 0 Å². The van der Waals surface area contributed by atoms with E-state index in [4.69, 9.17) is 11.6 Å². The monoisotopic (exact) mass is 293 g/mol. The molecule has 0 aliphatic carbocycles. The fourth-order valence-corrected chi connectivity index (χ4v) is 3.70. The summed E-state index contributed by atoms with van der Waals surface area (Å²) < 4.78 is 0. The lowest BCUT2D eigenvalue weighted by molar-refractivity contribution is 0.698. The third-order valence-corrected chi connectivity index (χ3v) is 5.24. The van der Waals surface area contributed by atoms with Crippen LogP contribution in [-0.2, 0) is 0 Å². The van der Waals surface area contributed by atoms with Crippen molar-refractivity contribution in [1.82, 2.24) is 5.32 Å². The highest BCUT2D eigenvalue weighted by atomic mass is 35.5. The lowest BCUT2D eigenvalue weighted by Crippen LogP contribution is -2.17. The SMILES string of the molecule is CNC(c1cc(C)c(C)s1)c1cc(C)c(Cl)cc1C. The van der Waals surface area contributed by atoms with Crippen molar-refractivity contribution in [2.75, 3.05) is 7.05 Å².